The minimum absolute atomic E-state index is 0.847. The van der Waals surface area contributed by atoms with E-state index in [9.17, 15) is 0 Å². The Morgan fingerprint density at radius 3 is 2.69 bits per heavy atom. The first kappa shape index (κ1) is 11.0. The van der Waals surface area contributed by atoms with Gasteiger partial charge >= 0.3 is 0 Å². The van der Waals surface area contributed by atoms with Crippen LogP contribution in [0.2, 0.25) is 0 Å². The molecule has 0 amide bonds. The zero-order valence-corrected chi connectivity index (χ0v) is 10.2. The Balaban J connectivity index is 1.34. The first-order valence-corrected chi connectivity index (χ1v) is 6.95. The van der Waals surface area contributed by atoms with E-state index in [0.717, 1.165) is 44.2 Å². The van der Waals surface area contributed by atoms with Crippen molar-refractivity contribution in [1.82, 2.24) is 10.2 Å². The van der Waals surface area contributed by atoms with Gasteiger partial charge in [-0.1, -0.05) is 6.42 Å². The van der Waals surface area contributed by atoms with Gasteiger partial charge in [0.2, 0.25) is 0 Å². The van der Waals surface area contributed by atoms with Gasteiger partial charge in [-0.3, -0.25) is 4.90 Å². The molecule has 2 bridgehead atoms. The van der Waals surface area contributed by atoms with Gasteiger partial charge in [-0.2, -0.15) is 0 Å². The smallest absolute Gasteiger partial charge is 0.0594 e. The highest BCUT2D eigenvalue weighted by atomic mass is 16.5. The molecule has 1 aliphatic heterocycles. The fourth-order valence-electron chi connectivity index (χ4n) is 3.73. The molecule has 0 aromatic carbocycles. The van der Waals surface area contributed by atoms with Crippen molar-refractivity contribution in [2.75, 3.05) is 39.4 Å². The molecule has 0 aromatic rings. The van der Waals surface area contributed by atoms with Gasteiger partial charge in [0.15, 0.2) is 0 Å². The third-order valence-electron chi connectivity index (χ3n) is 4.68. The highest BCUT2D eigenvalue weighted by Gasteiger charge is 2.38. The molecular weight excluding hydrogens is 200 g/mol. The molecule has 1 saturated heterocycles. The number of rotatable bonds is 4. The summed E-state index contributed by atoms with van der Waals surface area (Å²) in [6, 6.07) is 0.847. The third-order valence-corrected chi connectivity index (χ3v) is 4.68. The second kappa shape index (κ2) is 5.03. The summed E-state index contributed by atoms with van der Waals surface area (Å²) < 4.78 is 5.36. The molecule has 92 valence electrons. The lowest BCUT2D eigenvalue weighted by Gasteiger charge is -2.28. The van der Waals surface area contributed by atoms with Crippen LogP contribution in [0.5, 0.6) is 0 Å². The fourth-order valence-corrected chi connectivity index (χ4v) is 3.73. The number of nitrogens with one attached hydrogen (secondary N) is 1. The molecule has 3 rings (SSSR count). The predicted molar refractivity (Wildman–Crippen MR) is 64.5 cm³/mol. The van der Waals surface area contributed by atoms with E-state index in [1.807, 2.05) is 0 Å². The van der Waals surface area contributed by atoms with Crippen molar-refractivity contribution in [3.8, 4) is 0 Å². The maximum Gasteiger partial charge on any atom is 0.0594 e. The van der Waals surface area contributed by atoms with Crippen LogP contribution in [0.25, 0.3) is 0 Å². The first-order valence-electron chi connectivity index (χ1n) is 6.95. The second-order valence-electron chi connectivity index (χ2n) is 5.69. The lowest BCUT2D eigenvalue weighted by atomic mass is 9.95. The number of hydrogen-bond acceptors (Lipinski definition) is 3. The Morgan fingerprint density at radius 2 is 2.00 bits per heavy atom. The zero-order chi connectivity index (χ0) is 10.8. The maximum atomic E-state index is 5.36. The van der Waals surface area contributed by atoms with Crippen molar-refractivity contribution < 1.29 is 4.74 Å². The zero-order valence-electron chi connectivity index (χ0n) is 10.2. The summed E-state index contributed by atoms with van der Waals surface area (Å²) in [5, 5.41) is 3.78. The van der Waals surface area contributed by atoms with Crippen LogP contribution in [0, 0.1) is 11.8 Å². The van der Waals surface area contributed by atoms with Crippen molar-refractivity contribution in [1.29, 1.82) is 0 Å². The monoisotopic (exact) mass is 224 g/mol. The van der Waals surface area contributed by atoms with E-state index in [1.165, 1.54) is 38.8 Å². The van der Waals surface area contributed by atoms with Crippen LogP contribution in [-0.2, 0) is 4.74 Å². The molecule has 3 fully saturated rings. The molecule has 1 N–H and O–H groups in total. The SMILES string of the molecule is C(CN1CCOCC1)N[C@@H]1C[C@H]2CC[C@@H]1C2. The predicted octanol–water partition coefficient (Wildman–Crippen LogP) is 1.10. The number of hydrogen-bond donors (Lipinski definition) is 1. The molecule has 0 unspecified atom stereocenters. The molecule has 16 heavy (non-hydrogen) atoms. The summed E-state index contributed by atoms with van der Waals surface area (Å²) in [6.45, 7) is 6.48. The van der Waals surface area contributed by atoms with Gasteiger partial charge in [-0.25, -0.2) is 0 Å². The molecule has 3 nitrogen and oxygen atoms in total. The largest absolute Gasteiger partial charge is 0.379 e. The molecule has 2 aliphatic carbocycles. The van der Waals surface area contributed by atoms with Crippen molar-refractivity contribution in [3.05, 3.63) is 0 Å². The first-order chi connectivity index (χ1) is 7.92. The van der Waals surface area contributed by atoms with Crippen molar-refractivity contribution in [2.24, 2.45) is 11.8 Å². The Hall–Kier alpha value is -0.120. The highest BCUT2D eigenvalue weighted by Crippen LogP contribution is 2.44. The summed E-state index contributed by atoms with van der Waals surface area (Å²) >= 11 is 0. The number of ether oxygens (including phenoxy) is 1. The highest BCUT2D eigenvalue weighted by molar-refractivity contribution is 4.94. The van der Waals surface area contributed by atoms with E-state index in [4.69, 9.17) is 4.74 Å². The Bertz CT molecular complexity index is 228. The van der Waals surface area contributed by atoms with Crippen LogP contribution >= 0.6 is 0 Å². The summed E-state index contributed by atoms with van der Waals surface area (Å²) in [7, 11) is 0. The lowest BCUT2D eigenvalue weighted by molar-refractivity contribution is 0.0379. The van der Waals surface area contributed by atoms with Crippen LogP contribution in [0.1, 0.15) is 25.7 Å². The van der Waals surface area contributed by atoms with Crippen molar-refractivity contribution >= 4 is 0 Å². The van der Waals surface area contributed by atoms with Crippen molar-refractivity contribution in [2.45, 2.75) is 31.7 Å². The minimum Gasteiger partial charge on any atom is -0.379 e. The molecule has 1 heterocycles. The van der Waals surface area contributed by atoms with Gasteiger partial charge in [0.1, 0.15) is 0 Å². The lowest BCUT2D eigenvalue weighted by Crippen LogP contribution is -2.43. The molecule has 2 saturated carbocycles. The number of fused-ring (bicyclic) bond motifs is 2. The molecule has 0 spiro atoms. The van der Waals surface area contributed by atoms with E-state index in [2.05, 4.69) is 10.2 Å². The summed E-state index contributed by atoms with van der Waals surface area (Å²) in [4.78, 5) is 2.52. The number of nitrogens with zero attached hydrogens (tertiary/aromatic N) is 1. The average molecular weight is 224 g/mol. The second-order valence-corrected chi connectivity index (χ2v) is 5.69. The molecule has 0 aromatic heterocycles. The molecule has 3 heteroatoms. The van der Waals surface area contributed by atoms with Gasteiger partial charge in [0.25, 0.3) is 0 Å². The van der Waals surface area contributed by atoms with Gasteiger partial charge in [-0.05, 0) is 31.1 Å². The van der Waals surface area contributed by atoms with Gasteiger partial charge in [0.05, 0.1) is 13.2 Å². The van der Waals surface area contributed by atoms with Crippen LogP contribution in [0.3, 0.4) is 0 Å². The van der Waals surface area contributed by atoms with E-state index >= 15 is 0 Å². The molecule has 3 aliphatic rings. The van der Waals surface area contributed by atoms with Crippen molar-refractivity contribution in [3.63, 3.8) is 0 Å². The maximum absolute atomic E-state index is 5.36. The molecule has 3 atom stereocenters. The topological polar surface area (TPSA) is 24.5 Å². The van der Waals surface area contributed by atoms with E-state index in [0.29, 0.717) is 0 Å². The van der Waals surface area contributed by atoms with Crippen LogP contribution in [0.4, 0.5) is 0 Å². The fraction of sp³-hybridized carbons (Fsp3) is 1.00. The van der Waals surface area contributed by atoms with E-state index in [1.54, 1.807) is 0 Å². The van der Waals surface area contributed by atoms with Gasteiger partial charge < -0.3 is 10.1 Å². The van der Waals surface area contributed by atoms with Crippen LogP contribution in [-0.4, -0.2) is 50.3 Å². The summed E-state index contributed by atoms with van der Waals surface area (Å²) in [6.07, 6.45) is 5.95. The molecular formula is C13H24N2O. The third kappa shape index (κ3) is 2.41. The quantitative estimate of drug-likeness (QED) is 0.774. The summed E-state index contributed by atoms with van der Waals surface area (Å²) in [5.41, 5.74) is 0. The van der Waals surface area contributed by atoms with Gasteiger partial charge in [-0.15, -0.1) is 0 Å². The minimum atomic E-state index is 0.847. The Morgan fingerprint density at radius 1 is 1.12 bits per heavy atom. The average Bonchev–Trinajstić information content (AvgIpc) is 2.92. The molecule has 0 radical (unpaired) electrons. The standard InChI is InChI=1S/C13H24N2O/c1-2-12-9-11(1)10-13(12)14-3-4-15-5-7-16-8-6-15/h11-14H,1-10H2/t11-,12+,13+/m0/s1. The Labute approximate surface area is 98.5 Å². The van der Waals surface area contributed by atoms with Gasteiger partial charge in [0, 0.05) is 32.2 Å². The van der Waals surface area contributed by atoms with Crippen LogP contribution < -0.4 is 5.32 Å². The van der Waals surface area contributed by atoms with Crippen LogP contribution in [0.15, 0.2) is 0 Å². The summed E-state index contributed by atoms with van der Waals surface area (Å²) in [5.74, 6) is 2.07. The normalized spacial score (nSPS) is 39.4. The number of morpholine rings is 1. The Kier molecular flexibility index (Phi) is 3.46. The van der Waals surface area contributed by atoms with E-state index in [-0.39, 0.29) is 0 Å². The van der Waals surface area contributed by atoms with E-state index < -0.39 is 0 Å².